The zero-order valence-electron chi connectivity index (χ0n) is 13.5. The van der Waals surface area contributed by atoms with E-state index in [4.69, 9.17) is 14.2 Å². The molecule has 1 aromatic rings. The molecule has 6 heteroatoms. The standard InChI is InChI=1S/C16H24N2O4/c1-20-13-9-12(10-14(21-2)16(13)22-3)11-15(19)18-7-4-5-17-6-8-18/h9-10,17H,4-8,11H2,1-3H3. The van der Waals surface area contributed by atoms with Crippen LogP contribution in [0.5, 0.6) is 17.2 Å². The molecule has 122 valence electrons. The molecule has 1 saturated heterocycles. The van der Waals surface area contributed by atoms with Crippen molar-refractivity contribution in [3.05, 3.63) is 17.7 Å². The third kappa shape index (κ3) is 3.82. The molecule has 1 aliphatic heterocycles. The Morgan fingerprint density at radius 3 is 2.36 bits per heavy atom. The fourth-order valence-corrected chi connectivity index (χ4v) is 2.62. The van der Waals surface area contributed by atoms with Gasteiger partial charge in [-0.15, -0.1) is 0 Å². The lowest BCUT2D eigenvalue weighted by atomic mass is 10.1. The van der Waals surface area contributed by atoms with E-state index in [1.165, 1.54) is 0 Å². The van der Waals surface area contributed by atoms with Crippen molar-refractivity contribution < 1.29 is 19.0 Å². The fraction of sp³-hybridized carbons (Fsp3) is 0.562. The molecule has 0 saturated carbocycles. The van der Waals surface area contributed by atoms with Crippen molar-refractivity contribution >= 4 is 5.91 Å². The number of carbonyl (C=O) groups is 1. The lowest BCUT2D eigenvalue weighted by molar-refractivity contribution is -0.130. The minimum absolute atomic E-state index is 0.123. The molecule has 1 amide bonds. The topological polar surface area (TPSA) is 60.0 Å². The van der Waals surface area contributed by atoms with Crippen molar-refractivity contribution in [1.29, 1.82) is 0 Å². The van der Waals surface area contributed by atoms with Gasteiger partial charge < -0.3 is 24.4 Å². The van der Waals surface area contributed by atoms with E-state index >= 15 is 0 Å². The average molecular weight is 308 g/mol. The molecule has 0 atom stereocenters. The van der Waals surface area contributed by atoms with E-state index in [0.29, 0.717) is 23.7 Å². The smallest absolute Gasteiger partial charge is 0.227 e. The summed E-state index contributed by atoms with van der Waals surface area (Å²) in [6, 6.07) is 3.66. The number of nitrogens with one attached hydrogen (secondary N) is 1. The van der Waals surface area contributed by atoms with E-state index in [9.17, 15) is 4.79 Å². The number of benzene rings is 1. The minimum Gasteiger partial charge on any atom is -0.493 e. The molecule has 1 aliphatic rings. The predicted molar refractivity (Wildman–Crippen MR) is 83.9 cm³/mol. The molecule has 0 spiro atoms. The molecule has 1 fully saturated rings. The maximum Gasteiger partial charge on any atom is 0.227 e. The van der Waals surface area contributed by atoms with Crippen molar-refractivity contribution in [3.63, 3.8) is 0 Å². The van der Waals surface area contributed by atoms with Gasteiger partial charge in [0.2, 0.25) is 11.7 Å². The first-order valence-corrected chi connectivity index (χ1v) is 7.47. The molecular formula is C16H24N2O4. The molecule has 22 heavy (non-hydrogen) atoms. The second kappa shape index (κ2) is 7.89. The molecule has 0 aromatic heterocycles. The van der Waals surface area contributed by atoms with Gasteiger partial charge in [0.15, 0.2) is 11.5 Å². The van der Waals surface area contributed by atoms with Crippen LogP contribution in [0.3, 0.4) is 0 Å². The summed E-state index contributed by atoms with van der Waals surface area (Å²) in [6.07, 6.45) is 1.32. The third-order valence-electron chi connectivity index (χ3n) is 3.77. The van der Waals surface area contributed by atoms with Crippen LogP contribution in [0.2, 0.25) is 0 Å². The van der Waals surface area contributed by atoms with Crippen molar-refractivity contribution in [2.24, 2.45) is 0 Å². The lowest BCUT2D eigenvalue weighted by Gasteiger charge is -2.20. The predicted octanol–water partition coefficient (Wildman–Crippen LogP) is 1.08. The fourth-order valence-electron chi connectivity index (χ4n) is 2.62. The normalized spacial score (nSPS) is 15.1. The Bertz CT molecular complexity index is 486. The van der Waals surface area contributed by atoms with E-state index in [2.05, 4.69) is 5.32 Å². The quantitative estimate of drug-likeness (QED) is 0.882. The summed E-state index contributed by atoms with van der Waals surface area (Å²) >= 11 is 0. The summed E-state index contributed by atoms with van der Waals surface area (Å²) in [6.45, 7) is 3.37. The van der Waals surface area contributed by atoms with Crippen molar-refractivity contribution in [3.8, 4) is 17.2 Å². The number of nitrogens with zero attached hydrogens (tertiary/aromatic N) is 1. The van der Waals surface area contributed by atoms with E-state index < -0.39 is 0 Å². The van der Waals surface area contributed by atoms with Gasteiger partial charge in [0, 0.05) is 19.6 Å². The molecular weight excluding hydrogens is 284 g/mol. The molecule has 0 unspecified atom stereocenters. The average Bonchev–Trinajstić information content (AvgIpc) is 2.83. The van der Waals surface area contributed by atoms with E-state index in [-0.39, 0.29) is 5.91 Å². The van der Waals surface area contributed by atoms with Gasteiger partial charge in [0.05, 0.1) is 27.8 Å². The highest BCUT2D eigenvalue weighted by Crippen LogP contribution is 2.38. The monoisotopic (exact) mass is 308 g/mol. The minimum atomic E-state index is 0.123. The molecule has 6 nitrogen and oxygen atoms in total. The van der Waals surface area contributed by atoms with E-state index in [0.717, 1.165) is 38.2 Å². The summed E-state index contributed by atoms with van der Waals surface area (Å²) in [5.74, 6) is 1.81. The highest BCUT2D eigenvalue weighted by molar-refractivity contribution is 5.79. The van der Waals surface area contributed by atoms with Gasteiger partial charge >= 0.3 is 0 Å². The summed E-state index contributed by atoms with van der Waals surface area (Å²) in [5.41, 5.74) is 0.858. The zero-order chi connectivity index (χ0) is 15.9. The Labute approximate surface area is 131 Å². The van der Waals surface area contributed by atoms with Crippen molar-refractivity contribution in [2.45, 2.75) is 12.8 Å². The second-order valence-corrected chi connectivity index (χ2v) is 5.19. The lowest BCUT2D eigenvalue weighted by Crippen LogP contribution is -2.35. The summed E-state index contributed by atoms with van der Waals surface area (Å²) < 4.78 is 16.0. The number of amides is 1. The van der Waals surface area contributed by atoms with E-state index in [1.54, 1.807) is 21.3 Å². The first-order chi connectivity index (χ1) is 10.7. The SMILES string of the molecule is COc1cc(CC(=O)N2CCCNCC2)cc(OC)c1OC. The van der Waals surface area contributed by atoms with Crippen LogP contribution in [-0.4, -0.2) is 58.3 Å². The first-order valence-electron chi connectivity index (χ1n) is 7.47. The van der Waals surface area contributed by atoms with Crippen LogP contribution in [0.4, 0.5) is 0 Å². The van der Waals surface area contributed by atoms with E-state index in [1.807, 2.05) is 17.0 Å². The van der Waals surface area contributed by atoms with Gasteiger partial charge in [0.25, 0.3) is 0 Å². The number of hydrogen-bond acceptors (Lipinski definition) is 5. The van der Waals surface area contributed by atoms with Crippen LogP contribution in [0.1, 0.15) is 12.0 Å². The Kier molecular flexibility index (Phi) is 5.89. The Hall–Kier alpha value is -1.95. The van der Waals surface area contributed by atoms with Crippen LogP contribution in [-0.2, 0) is 11.2 Å². The van der Waals surface area contributed by atoms with Crippen molar-refractivity contribution in [1.82, 2.24) is 10.2 Å². The first kappa shape index (κ1) is 16.4. The maximum absolute atomic E-state index is 12.5. The van der Waals surface area contributed by atoms with Crippen LogP contribution < -0.4 is 19.5 Å². The second-order valence-electron chi connectivity index (χ2n) is 5.19. The molecule has 0 bridgehead atoms. The van der Waals surface area contributed by atoms with Crippen LogP contribution >= 0.6 is 0 Å². The largest absolute Gasteiger partial charge is 0.493 e. The Morgan fingerprint density at radius 2 is 1.77 bits per heavy atom. The molecule has 2 rings (SSSR count). The highest BCUT2D eigenvalue weighted by atomic mass is 16.5. The number of hydrogen-bond donors (Lipinski definition) is 1. The summed E-state index contributed by atoms with van der Waals surface area (Å²) in [7, 11) is 4.71. The summed E-state index contributed by atoms with van der Waals surface area (Å²) in [4.78, 5) is 14.4. The van der Waals surface area contributed by atoms with Crippen LogP contribution in [0.25, 0.3) is 0 Å². The van der Waals surface area contributed by atoms with Gasteiger partial charge in [0.1, 0.15) is 0 Å². The number of methoxy groups -OCH3 is 3. The Balaban J connectivity index is 2.16. The molecule has 0 radical (unpaired) electrons. The van der Waals surface area contributed by atoms with Gasteiger partial charge in [-0.2, -0.15) is 0 Å². The zero-order valence-corrected chi connectivity index (χ0v) is 13.5. The molecule has 1 heterocycles. The number of carbonyl (C=O) groups excluding carboxylic acids is 1. The van der Waals surface area contributed by atoms with Crippen molar-refractivity contribution in [2.75, 3.05) is 47.5 Å². The number of rotatable bonds is 5. The number of ether oxygens (including phenoxy) is 3. The van der Waals surface area contributed by atoms with Gasteiger partial charge in [-0.1, -0.05) is 0 Å². The highest BCUT2D eigenvalue weighted by Gasteiger charge is 2.18. The van der Waals surface area contributed by atoms with Gasteiger partial charge in [-0.05, 0) is 30.7 Å². The van der Waals surface area contributed by atoms with Crippen LogP contribution in [0.15, 0.2) is 12.1 Å². The molecule has 1 aromatic carbocycles. The summed E-state index contributed by atoms with van der Waals surface area (Å²) in [5, 5.41) is 3.30. The van der Waals surface area contributed by atoms with Gasteiger partial charge in [-0.25, -0.2) is 0 Å². The molecule has 0 aliphatic carbocycles. The maximum atomic E-state index is 12.5. The van der Waals surface area contributed by atoms with Crippen LogP contribution in [0, 0.1) is 0 Å². The third-order valence-corrected chi connectivity index (χ3v) is 3.77. The molecule has 1 N–H and O–H groups in total. The Morgan fingerprint density at radius 1 is 1.09 bits per heavy atom. The van der Waals surface area contributed by atoms with Gasteiger partial charge in [-0.3, -0.25) is 4.79 Å².